The highest BCUT2D eigenvalue weighted by atomic mass is 15.2. The van der Waals surface area contributed by atoms with Crippen LogP contribution in [0.5, 0.6) is 0 Å². The lowest BCUT2D eigenvalue weighted by Gasteiger charge is -2.38. The molecule has 1 aromatic carbocycles. The molecule has 1 aromatic heterocycles. The van der Waals surface area contributed by atoms with E-state index in [2.05, 4.69) is 86.2 Å². The first-order chi connectivity index (χ1) is 13.9. The minimum atomic E-state index is 0.462. The molecule has 1 saturated heterocycles. The number of aromatic nitrogens is 1. The first-order valence-corrected chi connectivity index (χ1v) is 11.2. The SMILES string of the molecule is C=CCC(CN(C)CC(C)C)C(=C)N1CCC(c2c[nH]c3cc(C)ccc23)CC1. The number of fused-ring (bicyclic) bond motifs is 1. The van der Waals surface area contributed by atoms with E-state index in [4.69, 9.17) is 0 Å². The summed E-state index contributed by atoms with van der Waals surface area (Å²) in [6, 6.07) is 6.76. The predicted molar refractivity (Wildman–Crippen MR) is 126 cm³/mol. The Kier molecular flexibility index (Phi) is 7.23. The van der Waals surface area contributed by atoms with Crippen molar-refractivity contribution >= 4 is 10.9 Å². The van der Waals surface area contributed by atoms with Gasteiger partial charge in [0.2, 0.25) is 0 Å². The second kappa shape index (κ2) is 9.67. The molecule has 158 valence electrons. The smallest absolute Gasteiger partial charge is 0.0459 e. The van der Waals surface area contributed by atoms with Gasteiger partial charge in [0.1, 0.15) is 0 Å². The lowest BCUT2D eigenvalue weighted by molar-refractivity contribution is 0.205. The summed E-state index contributed by atoms with van der Waals surface area (Å²) in [6.45, 7) is 19.6. The van der Waals surface area contributed by atoms with Crippen molar-refractivity contribution in [3.63, 3.8) is 0 Å². The molecule has 29 heavy (non-hydrogen) atoms. The van der Waals surface area contributed by atoms with Gasteiger partial charge < -0.3 is 14.8 Å². The fraction of sp³-hybridized carbons (Fsp3) is 0.538. The number of hydrogen-bond donors (Lipinski definition) is 1. The predicted octanol–water partition coefficient (Wildman–Crippen LogP) is 5.95. The highest BCUT2D eigenvalue weighted by Crippen LogP contribution is 2.35. The standard InChI is InChI=1S/C26H39N3/c1-7-8-23(18-28(6)17-19(2)3)21(5)29-13-11-22(12-14-29)25-16-27-26-15-20(4)9-10-24(25)26/h7,9-10,15-16,19,22-23,27H,1,5,8,11-14,17-18H2,2-4,6H3. The summed E-state index contributed by atoms with van der Waals surface area (Å²) in [7, 11) is 2.23. The molecule has 0 amide bonds. The van der Waals surface area contributed by atoms with Gasteiger partial charge >= 0.3 is 0 Å². The summed E-state index contributed by atoms with van der Waals surface area (Å²) in [5.74, 6) is 1.79. The molecule has 0 radical (unpaired) electrons. The van der Waals surface area contributed by atoms with Crippen LogP contribution in [0, 0.1) is 18.8 Å². The van der Waals surface area contributed by atoms with Crippen LogP contribution in [0.25, 0.3) is 10.9 Å². The number of aromatic amines is 1. The quantitative estimate of drug-likeness (QED) is 0.532. The number of nitrogens with zero attached hydrogens (tertiary/aromatic N) is 2. The Morgan fingerprint density at radius 3 is 2.66 bits per heavy atom. The lowest BCUT2D eigenvalue weighted by Crippen LogP contribution is -2.38. The average molecular weight is 394 g/mol. The number of nitrogens with one attached hydrogen (secondary N) is 1. The third kappa shape index (κ3) is 5.33. The van der Waals surface area contributed by atoms with Crippen LogP contribution < -0.4 is 0 Å². The van der Waals surface area contributed by atoms with Crippen LogP contribution in [0.2, 0.25) is 0 Å². The van der Waals surface area contributed by atoms with Crippen LogP contribution in [-0.4, -0.2) is 48.0 Å². The molecule has 0 bridgehead atoms. The summed E-state index contributed by atoms with van der Waals surface area (Å²) < 4.78 is 0. The number of allylic oxidation sites excluding steroid dienone is 1. The van der Waals surface area contributed by atoms with Crippen LogP contribution in [0.15, 0.2) is 49.3 Å². The summed E-state index contributed by atoms with van der Waals surface area (Å²) >= 11 is 0. The third-order valence-electron chi connectivity index (χ3n) is 6.34. The van der Waals surface area contributed by atoms with Gasteiger partial charge in [-0.05, 0) is 62.3 Å². The highest BCUT2D eigenvalue weighted by Gasteiger charge is 2.26. The van der Waals surface area contributed by atoms with Crippen molar-refractivity contribution in [2.24, 2.45) is 11.8 Å². The van der Waals surface area contributed by atoms with Crippen molar-refractivity contribution in [3.8, 4) is 0 Å². The van der Waals surface area contributed by atoms with E-state index in [0.29, 0.717) is 17.8 Å². The fourth-order valence-electron chi connectivity index (χ4n) is 4.93. The molecule has 1 N–H and O–H groups in total. The maximum absolute atomic E-state index is 4.52. The van der Waals surface area contributed by atoms with Gasteiger partial charge in [-0.3, -0.25) is 0 Å². The molecule has 3 heteroatoms. The average Bonchev–Trinajstić information content (AvgIpc) is 3.09. The van der Waals surface area contributed by atoms with Crippen molar-refractivity contribution in [2.75, 3.05) is 33.2 Å². The summed E-state index contributed by atoms with van der Waals surface area (Å²) in [6.07, 6.45) is 7.69. The molecule has 2 heterocycles. The van der Waals surface area contributed by atoms with Gasteiger partial charge in [-0.15, -0.1) is 6.58 Å². The summed E-state index contributed by atoms with van der Waals surface area (Å²) in [5.41, 5.74) is 5.37. The third-order valence-corrected chi connectivity index (χ3v) is 6.34. The Balaban J connectivity index is 1.62. The Morgan fingerprint density at radius 1 is 1.28 bits per heavy atom. The van der Waals surface area contributed by atoms with Crippen LogP contribution >= 0.6 is 0 Å². The summed E-state index contributed by atoms with van der Waals surface area (Å²) in [4.78, 5) is 8.47. The zero-order valence-corrected chi connectivity index (χ0v) is 18.9. The molecule has 2 aromatic rings. The number of H-pyrrole nitrogens is 1. The van der Waals surface area contributed by atoms with E-state index >= 15 is 0 Å². The molecule has 0 aliphatic carbocycles. The molecular formula is C26H39N3. The van der Waals surface area contributed by atoms with Crippen LogP contribution in [0.3, 0.4) is 0 Å². The topological polar surface area (TPSA) is 22.3 Å². The fourth-order valence-corrected chi connectivity index (χ4v) is 4.93. The lowest BCUT2D eigenvalue weighted by atomic mass is 9.88. The zero-order valence-electron chi connectivity index (χ0n) is 18.9. The molecule has 3 rings (SSSR count). The van der Waals surface area contributed by atoms with Crippen LogP contribution in [0.1, 0.15) is 50.2 Å². The second-order valence-corrected chi connectivity index (χ2v) is 9.38. The van der Waals surface area contributed by atoms with Gasteiger partial charge in [-0.2, -0.15) is 0 Å². The maximum atomic E-state index is 4.52. The van der Waals surface area contributed by atoms with Gasteiger partial charge in [0.25, 0.3) is 0 Å². The molecular weight excluding hydrogens is 354 g/mol. The number of rotatable bonds is 9. The molecule has 1 atom stereocenters. The van der Waals surface area contributed by atoms with Crippen molar-refractivity contribution in [3.05, 3.63) is 60.5 Å². The Morgan fingerprint density at radius 2 is 2.00 bits per heavy atom. The Hall–Kier alpha value is -2.00. The van der Waals surface area contributed by atoms with E-state index in [0.717, 1.165) is 32.6 Å². The molecule has 0 spiro atoms. The highest BCUT2D eigenvalue weighted by molar-refractivity contribution is 5.84. The second-order valence-electron chi connectivity index (χ2n) is 9.38. The molecule has 1 unspecified atom stereocenters. The maximum Gasteiger partial charge on any atom is 0.0459 e. The van der Waals surface area contributed by atoms with Crippen molar-refractivity contribution in [2.45, 2.75) is 46.0 Å². The van der Waals surface area contributed by atoms with Gasteiger partial charge in [0, 0.05) is 54.9 Å². The van der Waals surface area contributed by atoms with E-state index in [1.54, 1.807) is 0 Å². The largest absolute Gasteiger partial charge is 0.375 e. The van der Waals surface area contributed by atoms with Crippen LogP contribution in [0.4, 0.5) is 0 Å². The molecule has 0 saturated carbocycles. The van der Waals surface area contributed by atoms with E-state index < -0.39 is 0 Å². The van der Waals surface area contributed by atoms with E-state index in [-0.39, 0.29) is 0 Å². The van der Waals surface area contributed by atoms with Crippen molar-refractivity contribution in [1.82, 2.24) is 14.8 Å². The minimum absolute atomic E-state index is 0.462. The number of hydrogen-bond acceptors (Lipinski definition) is 2. The normalized spacial score (nSPS) is 16.7. The molecule has 1 fully saturated rings. The van der Waals surface area contributed by atoms with E-state index in [9.17, 15) is 0 Å². The first-order valence-electron chi connectivity index (χ1n) is 11.2. The van der Waals surface area contributed by atoms with Crippen molar-refractivity contribution in [1.29, 1.82) is 0 Å². The number of piperidine rings is 1. The van der Waals surface area contributed by atoms with Gasteiger partial charge in [-0.1, -0.05) is 38.6 Å². The monoisotopic (exact) mass is 393 g/mol. The van der Waals surface area contributed by atoms with E-state index in [1.807, 2.05) is 0 Å². The van der Waals surface area contributed by atoms with Crippen molar-refractivity contribution < 1.29 is 0 Å². The van der Waals surface area contributed by atoms with Gasteiger partial charge in [0.15, 0.2) is 0 Å². The van der Waals surface area contributed by atoms with E-state index in [1.165, 1.54) is 40.6 Å². The Bertz CT molecular complexity index is 824. The van der Waals surface area contributed by atoms with Gasteiger partial charge in [0.05, 0.1) is 0 Å². The zero-order chi connectivity index (χ0) is 21.0. The summed E-state index contributed by atoms with van der Waals surface area (Å²) in [5, 5.41) is 1.40. The van der Waals surface area contributed by atoms with Gasteiger partial charge in [-0.25, -0.2) is 0 Å². The Labute approximate surface area is 177 Å². The number of likely N-dealkylation sites (tertiary alicyclic amines) is 1. The molecule has 3 nitrogen and oxygen atoms in total. The first kappa shape index (κ1) is 21.7. The van der Waals surface area contributed by atoms with Crippen LogP contribution in [-0.2, 0) is 0 Å². The molecule has 1 aliphatic rings. The minimum Gasteiger partial charge on any atom is -0.375 e. The molecule has 1 aliphatic heterocycles. The number of benzene rings is 1. The number of aryl methyl sites for hydroxylation is 1.